The Kier molecular flexibility index (Phi) is 4.20. The summed E-state index contributed by atoms with van der Waals surface area (Å²) in [6, 6.07) is 3.23. The van der Waals surface area contributed by atoms with Crippen LogP contribution in [0.15, 0.2) is 16.9 Å². The number of carbonyl (C=O) groups is 1. The van der Waals surface area contributed by atoms with E-state index in [4.69, 9.17) is 9.47 Å². The average Bonchev–Trinajstić information content (AvgIpc) is 2.91. The molecule has 0 saturated heterocycles. The number of hydrogen-bond acceptors (Lipinski definition) is 5. The largest absolute Gasteiger partial charge is 0.502 e. The first-order valence-electron chi connectivity index (χ1n) is 7.96. The van der Waals surface area contributed by atoms with Crippen molar-refractivity contribution in [3.8, 4) is 17.2 Å². The lowest BCUT2D eigenvalue weighted by atomic mass is 9.86. The van der Waals surface area contributed by atoms with Crippen LogP contribution < -0.4 is 20.3 Å². The smallest absolute Gasteiger partial charge is 0.270 e. The summed E-state index contributed by atoms with van der Waals surface area (Å²) in [6.07, 6.45) is 0.120. The molecule has 0 unspecified atom stereocenters. The fourth-order valence-corrected chi connectivity index (χ4v) is 3.17. The van der Waals surface area contributed by atoms with E-state index in [1.54, 1.807) is 16.8 Å². The van der Waals surface area contributed by atoms with Gasteiger partial charge in [-0.15, -0.1) is 0 Å². The highest BCUT2D eigenvalue weighted by Gasteiger charge is 2.34. The van der Waals surface area contributed by atoms with Crippen molar-refractivity contribution < 1.29 is 19.4 Å². The van der Waals surface area contributed by atoms with Gasteiger partial charge in [-0.25, -0.2) is 0 Å². The summed E-state index contributed by atoms with van der Waals surface area (Å²) in [4.78, 5) is 24.7. The standard InChI is InChI=1S/C17H21N3O5/c1-8(2)20-16-14(17(23)19-20)10(7-13(21)18-16)9-5-11(24-3)15(22)12(6-9)25-4/h5-6,8,10,22H,7H2,1-4H3,(H,18,21)(H,19,23)/t10-/m1/s1. The SMILES string of the molecule is COc1cc([C@H]2CC(=O)Nc3c2c(=O)[nH]n3C(C)C)cc(OC)c1O. The molecule has 1 aliphatic heterocycles. The summed E-state index contributed by atoms with van der Waals surface area (Å²) in [6.45, 7) is 3.83. The van der Waals surface area contributed by atoms with Gasteiger partial charge in [0.25, 0.3) is 5.56 Å². The van der Waals surface area contributed by atoms with Gasteiger partial charge in [-0.05, 0) is 31.5 Å². The summed E-state index contributed by atoms with van der Waals surface area (Å²) in [5.74, 6) is 0.158. The van der Waals surface area contributed by atoms with Crippen LogP contribution in [0.2, 0.25) is 0 Å². The molecule has 8 heteroatoms. The molecule has 1 atom stereocenters. The van der Waals surface area contributed by atoms with Crippen LogP contribution in [0.5, 0.6) is 17.2 Å². The molecule has 3 N–H and O–H groups in total. The minimum Gasteiger partial charge on any atom is -0.502 e. The second-order valence-electron chi connectivity index (χ2n) is 6.25. The number of methoxy groups -OCH3 is 2. The van der Waals surface area contributed by atoms with E-state index in [9.17, 15) is 14.7 Å². The molecule has 0 spiro atoms. The number of aromatic amines is 1. The third-order valence-electron chi connectivity index (χ3n) is 4.38. The monoisotopic (exact) mass is 347 g/mol. The summed E-state index contributed by atoms with van der Waals surface area (Å²) in [7, 11) is 2.86. The number of aromatic hydroxyl groups is 1. The van der Waals surface area contributed by atoms with E-state index in [0.717, 1.165) is 0 Å². The zero-order chi connectivity index (χ0) is 18.3. The number of phenolic OH excluding ortho intramolecular Hbond substituents is 1. The Hall–Kier alpha value is -2.90. The van der Waals surface area contributed by atoms with Gasteiger partial charge in [-0.2, -0.15) is 0 Å². The van der Waals surface area contributed by atoms with Crippen molar-refractivity contribution in [2.45, 2.75) is 32.2 Å². The summed E-state index contributed by atoms with van der Waals surface area (Å²) in [5.41, 5.74) is 0.900. The number of nitrogens with one attached hydrogen (secondary N) is 2. The number of amides is 1. The minimum atomic E-state index is -0.462. The molecule has 3 rings (SSSR count). The van der Waals surface area contributed by atoms with Crippen LogP contribution in [0.1, 0.15) is 43.4 Å². The molecule has 134 valence electrons. The quantitative estimate of drug-likeness (QED) is 0.784. The summed E-state index contributed by atoms with van der Waals surface area (Å²) < 4.78 is 12.0. The number of benzene rings is 1. The van der Waals surface area contributed by atoms with Gasteiger partial charge in [0, 0.05) is 18.4 Å². The molecular weight excluding hydrogens is 326 g/mol. The molecule has 0 bridgehead atoms. The van der Waals surface area contributed by atoms with Gasteiger partial charge in [0.2, 0.25) is 11.7 Å². The third-order valence-corrected chi connectivity index (χ3v) is 4.38. The number of fused-ring (bicyclic) bond motifs is 1. The molecule has 0 saturated carbocycles. The first-order valence-corrected chi connectivity index (χ1v) is 7.96. The van der Waals surface area contributed by atoms with Crippen LogP contribution in [0, 0.1) is 0 Å². The number of carbonyl (C=O) groups excluding carboxylic acids is 1. The Morgan fingerprint density at radius 3 is 2.32 bits per heavy atom. The van der Waals surface area contributed by atoms with E-state index >= 15 is 0 Å². The van der Waals surface area contributed by atoms with Gasteiger partial charge in [0.1, 0.15) is 5.82 Å². The highest BCUT2D eigenvalue weighted by atomic mass is 16.5. The zero-order valence-corrected chi connectivity index (χ0v) is 14.5. The molecule has 25 heavy (non-hydrogen) atoms. The van der Waals surface area contributed by atoms with E-state index in [0.29, 0.717) is 16.9 Å². The minimum absolute atomic E-state index is 0.0145. The number of rotatable bonds is 4. The van der Waals surface area contributed by atoms with Crippen LogP contribution >= 0.6 is 0 Å². The number of anilines is 1. The van der Waals surface area contributed by atoms with Gasteiger partial charge in [-0.3, -0.25) is 19.4 Å². The van der Waals surface area contributed by atoms with Crippen LogP contribution in [0.3, 0.4) is 0 Å². The van der Waals surface area contributed by atoms with Crippen LogP contribution in [0.25, 0.3) is 0 Å². The zero-order valence-electron chi connectivity index (χ0n) is 14.5. The van der Waals surface area contributed by atoms with Gasteiger partial charge < -0.3 is 19.9 Å². The second kappa shape index (κ2) is 6.19. The molecule has 2 aromatic rings. The van der Waals surface area contributed by atoms with Crippen LogP contribution in [0.4, 0.5) is 5.82 Å². The summed E-state index contributed by atoms with van der Waals surface area (Å²) >= 11 is 0. The van der Waals surface area contributed by atoms with Crippen molar-refractivity contribution >= 4 is 11.7 Å². The van der Waals surface area contributed by atoms with Crippen molar-refractivity contribution in [3.63, 3.8) is 0 Å². The molecule has 0 radical (unpaired) electrons. The van der Waals surface area contributed by atoms with E-state index in [1.807, 2.05) is 13.8 Å². The van der Waals surface area contributed by atoms with Gasteiger partial charge >= 0.3 is 0 Å². The maximum absolute atomic E-state index is 12.5. The van der Waals surface area contributed by atoms with E-state index < -0.39 is 5.92 Å². The lowest BCUT2D eigenvalue weighted by Gasteiger charge is -2.25. The highest BCUT2D eigenvalue weighted by molar-refractivity contribution is 5.94. The fraction of sp³-hybridized carbons (Fsp3) is 0.412. The lowest BCUT2D eigenvalue weighted by molar-refractivity contribution is -0.116. The second-order valence-corrected chi connectivity index (χ2v) is 6.25. The molecule has 2 heterocycles. The van der Waals surface area contributed by atoms with Gasteiger partial charge in [0.05, 0.1) is 19.8 Å². The average molecular weight is 347 g/mol. The molecular formula is C17H21N3O5. The van der Waals surface area contributed by atoms with Crippen molar-refractivity contribution in [2.75, 3.05) is 19.5 Å². The first kappa shape index (κ1) is 16.9. The van der Waals surface area contributed by atoms with Gasteiger partial charge in [0.15, 0.2) is 11.5 Å². The Balaban J connectivity index is 2.20. The van der Waals surface area contributed by atoms with E-state index in [1.165, 1.54) is 14.2 Å². The van der Waals surface area contributed by atoms with Crippen molar-refractivity contribution in [1.82, 2.24) is 9.78 Å². The molecule has 1 aromatic heterocycles. The van der Waals surface area contributed by atoms with Crippen LogP contribution in [-0.4, -0.2) is 35.0 Å². The maximum Gasteiger partial charge on any atom is 0.270 e. The number of aromatic nitrogens is 2. The Morgan fingerprint density at radius 2 is 1.80 bits per heavy atom. The van der Waals surface area contributed by atoms with E-state index in [2.05, 4.69) is 10.4 Å². The molecule has 0 fully saturated rings. The predicted molar refractivity (Wildman–Crippen MR) is 91.7 cm³/mol. The Labute approximate surface area is 144 Å². The van der Waals surface area contributed by atoms with Crippen molar-refractivity contribution in [3.05, 3.63) is 33.6 Å². The first-order chi connectivity index (χ1) is 11.9. The molecule has 0 aliphatic carbocycles. The van der Waals surface area contributed by atoms with Gasteiger partial charge in [-0.1, -0.05) is 0 Å². The number of H-pyrrole nitrogens is 1. The number of ether oxygens (including phenoxy) is 2. The Bertz CT molecular complexity index is 856. The maximum atomic E-state index is 12.5. The molecule has 1 aromatic carbocycles. The highest BCUT2D eigenvalue weighted by Crippen LogP contribution is 2.43. The van der Waals surface area contributed by atoms with Crippen molar-refractivity contribution in [1.29, 1.82) is 0 Å². The van der Waals surface area contributed by atoms with Crippen molar-refractivity contribution in [2.24, 2.45) is 0 Å². The van der Waals surface area contributed by atoms with Crippen LogP contribution in [-0.2, 0) is 4.79 Å². The fourth-order valence-electron chi connectivity index (χ4n) is 3.17. The predicted octanol–water partition coefficient (Wildman–Crippen LogP) is 1.95. The number of nitrogens with zero attached hydrogens (tertiary/aromatic N) is 1. The lowest BCUT2D eigenvalue weighted by Crippen LogP contribution is -2.27. The topological polar surface area (TPSA) is 106 Å². The third kappa shape index (κ3) is 2.73. The molecule has 8 nitrogen and oxygen atoms in total. The molecule has 1 amide bonds. The number of hydrogen-bond donors (Lipinski definition) is 3. The number of phenols is 1. The van der Waals surface area contributed by atoms with E-state index in [-0.39, 0.29) is 41.2 Å². The summed E-state index contributed by atoms with van der Waals surface area (Å²) in [5, 5.41) is 15.6. The Morgan fingerprint density at radius 1 is 1.20 bits per heavy atom. The molecule has 1 aliphatic rings. The normalized spacial score (nSPS) is 16.5.